The summed E-state index contributed by atoms with van der Waals surface area (Å²) >= 11 is 3.36. The zero-order valence-electron chi connectivity index (χ0n) is 6.08. The number of rotatable bonds is 1. The van der Waals surface area contributed by atoms with E-state index >= 15 is 0 Å². The van der Waals surface area contributed by atoms with Crippen LogP contribution in [0, 0.1) is 0 Å². The van der Waals surface area contributed by atoms with Gasteiger partial charge in [-0.25, -0.2) is 4.98 Å². The molecule has 1 heterocycles. The van der Waals surface area contributed by atoms with Gasteiger partial charge in [0.05, 0.1) is 0 Å². The molecule has 4 N–H and O–H groups in total. The molecule has 0 aromatic carbocycles. The molecule has 0 saturated carbocycles. The van der Waals surface area contributed by atoms with Gasteiger partial charge in [-0.15, -0.1) is 0 Å². The fraction of sp³-hybridized carbons (Fsp3) is 0.333. The Bertz CT molecular complexity index is 261. The van der Waals surface area contributed by atoms with Crippen molar-refractivity contribution in [2.24, 2.45) is 0 Å². The summed E-state index contributed by atoms with van der Waals surface area (Å²) in [6.07, 6.45) is 1.62. The van der Waals surface area contributed by atoms with Crippen molar-refractivity contribution in [2.45, 2.75) is 11.8 Å². The van der Waals surface area contributed by atoms with Crippen LogP contribution in [0.4, 0.5) is 11.8 Å². The van der Waals surface area contributed by atoms with E-state index < -0.39 is 0 Å². The minimum Gasteiger partial charge on any atom is -0.383 e. The van der Waals surface area contributed by atoms with Crippen LogP contribution in [0.3, 0.4) is 0 Å². The smallest absolute Gasteiger partial charge is 0.221 e. The maximum Gasteiger partial charge on any atom is 0.221 e. The molecule has 1 rings (SSSR count). The topological polar surface area (TPSA) is 77.8 Å². The number of aromatic nitrogens is 2. The summed E-state index contributed by atoms with van der Waals surface area (Å²) in [5, 5.41) is 0. The number of nitrogen functional groups attached to an aromatic ring is 2. The van der Waals surface area contributed by atoms with E-state index in [0.29, 0.717) is 5.82 Å². The lowest BCUT2D eigenvalue weighted by Gasteiger charge is -2.05. The molecule has 11 heavy (non-hydrogen) atoms. The number of nitrogens with zero attached hydrogens (tertiary/aromatic N) is 2. The minimum absolute atomic E-state index is 0.156. The van der Waals surface area contributed by atoms with Crippen molar-refractivity contribution in [3.8, 4) is 0 Å². The summed E-state index contributed by atoms with van der Waals surface area (Å²) < 4.78 is 0. The second-order valence-corrected chi connectivity index (χ2v) is 3.56. The highest BCUT2D eigenvalue weighted by Gasteiger charge is 2.06. The van der Waals surface area contributed by atoms with Gasteiger partial charge in [-0.1, -0.05) is 15.9 Å². The third-order valence-electron chi connectivity index (χ3n) is 1.30. The highest BCUT2D eigenvalue weighted by atomic mass is 79.9. The maximum atomic E-state index is 5.56. The molecule has 0 spiro atoms. The number of alkyl halides is 1. The Morgan fingerprint density at radius 2 is 2.18 bits per heavy atom. The first-order valence-electron chi connectivity index (χ1n) is 3.13. The van der Waals surface area contributed by atoms with Gasteiger partial charge in [-0.3, -0.25) is 0 Å². The first-order chi connectivity index (χ1) is 5.11. The predicted molar refractivity (Wildman–Crippen MR) is 48.2 cm³/mol. The fourth-order valence-electron chi connectivity index (χ4n) is 0.725. The van der Waals surface area contributed by atoms with Crippen LogP contribution in [0.2, 0.25) is 0 Å². The average molecular weight is 217 g/mol. The predicted octanol–water partition coefficient (Wildman–Crippen LogP) is 1.10. The molecule has 4 nitrogen and oxygen atoms in total. The minimum atomic E-state index is 0.156. The van der Waals surface area contributed by atoms with E-state index in [9.17, 15) is 0 Å². The first kappa shape index (κ1) is 8.26. The Morgan fingerprint density at radius 3 is 2.64 bits per heavy atom. The Morgan fingerprint density at radius 1 is 1.55 bits per heavy atom. The van der Waals surface area contributed by atoms with Gasteiger partial charge in [0.25, 0.3) is 0 Å². The first-order valence-corrected chi connectivity index (χ1v) is 4.04. The van der Waals surface area contributed by atoms with Crippen molar-refractivity contribution in [3.05, 3.63) is 11.8 Å². The standard InChI is InChI=1S/C6H9BrN4/c1-3(7)4-2-10-6(9)11-5(4)8/h2-3H,1H3,(H4,8,9,10,11). The lowest BCUT2D eigenvalue weighted by atomic mass is 10.2. The molecular weight excluding hydrogens is 208 g/mol. The summed E-state index contributed by atoms with van der Waals surface area (Å²) in [6.45, 7) is 1.95. The lowest BCUT2D eigenvalue weighted by molar-refractivity contribution is 1.05. The van der Waals surface area contributed by atoms with Crippen LogP contribution in [-0.2, 0) is 0 Å². The number of halogens is 1. The molecule has 1 atom stereocenters. The van der Waals surface area contributed by atoms with Gasteiger partial charge in [-0.2, -0.15) is 4.98 Å². The van der Waals surface area contributed by atoms with E-state index in [0.717, 1.165) is 5.56 Å². The van der Waals surface area contributed by atoms with E-state index in [1.165, 1.54) is 0 Å². The van der Waals surface area contributed by atoms with Crippen molar-refractivity contribution in [1.82, 2.24) is 9.97 Å². The summed E-state index contributed by atoms with van der Waals surface area (Å²) in [6, 6.07) is 0. The van der Waals surface area contributed by atoms with Crippen LogP contribution < -0.4 is 11.5 Å². The largest absolute Gasteiger partial charge is 0.383 e. The molecule has 1 unspecified atom stereocenters. The number of hydrogen-bond donors (Lipinski definition) is 2. The van der Waals surface area contributed by atoms with Gasteiger partial charge in [0.2, 0.25) is 5.95 Å². The van der Waals surface area contributed by atoms with Crippen molar-refractivity contribution in [2.75, 3.05) is 11.5 Å². The number of hydrogen-bond acceptors (Lipinski definition) is 4. The Labute approximate surface area is 73.1 Å². The third-order valence-corrected chi connectivity index (χ3v) is 1.79. The molecule has 0 radical (unpaired) electrons. The molecule has 0 aliphatic carbocycles. The molecular formula is C6H9BrN4. The van der Waals surface area contributed by atoms with E-state index in [-0.39, 0.29) is 10.8 Å². The van der Waals surface area contributed by atoms with Crippen molar-refractivity contribution >= 4 is 27.7 Å². The van der Waals surface area contributed by atoms with Gasteiger partial charge < -0.3 is 11.5 Å². The molecule has 0 amide bonds. The van der Waals surface area contributed by atoms with Crippen LogP contribution in [0.15, 0.2) is 6.20 Å². The van der Waals surface area contributed by atoms with Crippen molar-refractivity contribution < 1.29 is 0 Å². The van der Waals surface area contributed by atoms with E-state index in [4.69, 9.17) is 11.5 Å². The van der Waals surface area contributed by atoms with Crippen LogP contribution >= 0.6 is 15.9 Å². The Balaban J connectivity index is 3.09. The summed E-state index contributed by atoms with van der Waals surface area (Å²) in [7, 11) is 0. The van der Waals surface area contributed by atoms with Gasteiger partial charge in [-0.05, 0) is 6.92 Å². The van der Waals surface area contributed by atoms with E-state index in [2.05, 4.69) is 25.9 Å². The van der Waals surface area contributed by atoms with Gasteiger partial charge in [0.15, 0.2) is 0 Å². The summed E-state index contributed by atoms with van der Waals surface area (Å²) in [4.78, 5) is 7.78. The van der Waals surface area contributed by atoms with Crippen LogP contribution in [-0.4, -0.2) is 9.97 Å². The quantitative estimate of drug-likeness (QED) is 0.690. The van der Waals surface area contributed by atoms with E-state index in [1.54, 1.807) is 6.20 Å². The molecule has 0 bridgehead atoms. The van der Waals surface area contributed by atoms with Crippen LogP contribution in [0.5, 0.6) is 0 Å². The second-order valence-electron chi connectivity index (χ2n) is 2.18. The van der Waals surface area contributed by atoms with E-state index in [1.807, 2.05) is 6.92 Å². The normalized spacial score (nSPS) is 12.9. The Kier molecular flexibility index (Phi) is 2.28. The molecule has 5 heteroatoms. The van der Waals surface area contributed by atoms with Crippen LogP contribution in [0.25, 0.3) is 0 Å². The Hall–Kier alpha value is -0.840. The molecule has 1 aromatic heterocycles. The van der Waals surface area contributed by atoms with Crippen LogP contribution in [0.1, 0.15) is 17.3 Å². The fourth-order valence-corrected chi connectivity index (χ4v) is 1.08. The summed E-state index contributed by atoms with van der Waals surface area (Å²) in [5.74, 6) is 0.640. The maximum absolute atomic E-state index is 5.56. The second kappa shape index (κ2) is 3.04. The molecule has 60 valence electrons. The molecule has 0 saturated heterocycles. The monoisotopic (exact) mass is 216 g/mol. The van der Waals surface area contributed by atoms with Gasteiger partial charge >= 0.3 is 0 Å². The highest BCUT2D eigenvalue weighted by Crippen LogP contribution is 2.24. The lowest BCUT2D eigenvalue weighted by Crippen LogP contribution is -2.03. The number of nitrogens with two attached hydrogens (primary N) is 2. The summed E-state index contributed by atoms with van der Waals surface area (Å²) in [5.41, 5.74) is 11.7. The average Bonchev–Trinajstić information content (AvgIpc) is 1.85. The SMILES string of the molecule is CC(Br)c1cnc(N)nc1N. The molecule has 0 aliphatic rings. The molecule has 0 aliphatic heterocycles. The van der Waals surface area contributed by atoms with Crippen molar-refractivity contribution in [3.63, 3.8) is 0 Å². The van der Waals surface area contributed by atoms with Crippen molar-refractivity contribution in [1.29, 1.82) is 0 Å². The molecule has 1 aromatic rings. The zero-order valence-corrected chi connectivity index (χ0v) is 7.67. The zero-order chi connectivity index (χ0) is 8.43. The molecule has 0 fully saturated rings. The van der Waals surface area contributed by atoms with Gasteiger partial charge in [0.1, 0.15) is 5.82 Å². The van der Waals surface area contributed by atoms with Gasteiger partial charge in [0, 0.05) is 16.6 Å². The third kappa shape index (κ3) is 1.80. The highest BCUT2D eigenvalue weighted by molar-refractivity contribution is 9.09. The number of anilines is 2.